The first kappa shape index (κ1) is 12.7. The first-order valence-electron chi connectivity index (χ1n) is 6.28. The number of nitrogens with one attached hydrogen (secondary N) is 1. The van der Waals surface area contributed by atoms with Crippen molar-refractivity contribution in [1.29, 1.82) is 0 Å². The van der Waals surface area contributed by atoms with Crippen molar-refractivity contribution in [2.45, 2.75) is 13.5 Å². The minimum atomic E-state index is 0.834. The maximum Gasteiger partial charge on any atom is 0.123 e. The van der Waals surface area contributed by atoms with Gasteiger partial charge in [-0.2, -0.15) is 0 Å². The van der Waals surface area contributed by atoms with Gasteiger partial charge in [0.2, 0.25) is 0 Å². The van der Waals surface area contributed by atoms with Crippen LogP contribution in [0.2, 0.25) is 0 Å². The summed E-state index contributed by atoms with van der Waals surface area (Å²) in [6.45, 7) is 3.90. The molecule has 0 amide bonds. The third-order valence-corrected chi connectivity index (χ3v) is 2.95. The summed E-state index contributed by atoms with van der Waals surface area (Å²) in [5.41, 5.74) is 3.66. The third-order valence-electron chi connectivity index (χ3n) is 2.95. The predicted molar refractivity (Wildman–Crippen MR) is 75.8 cm³/mol. The molecule has 2 rings (SSSR count). The molecule has 0 aromatic heterocycles. The average Bonchev–Trinajstić information content (AvgIpc) is 2.45. The van der Waals surface area contributed by atoms with Gasteiger partial charge in [0.1, 0.15) is 5.75 Å². The summed E-state index contributed by atoms with van der Waals surface area (Å²) in [7, 11) is 1.72. The zero-order chi connectivity index (χ0) is 12.8. The van der Waals surface area contributed by atoms with E-state index in [1.807, 2.05) is 12.1 Å². The molecule has 0 spiro atoms. The normalized spacial score (nSPS) is 10.3. The Bertz CT molecular complexity index is 494. The van der Waals surface area contributed by atoms with Crippen molar-refractivity contribution in [3.8, 4) is 16.9 Å². The molecule has 18 heavy (non-hydrogen) atoms. The number of ether oxygens (including phenoxy) is 1. The second kappa shape index (κ2) is 6.22. The van der Waals surface area contributed by atoms with Gasteiger partial charge >= 0.3 is 0 Å². The lowest BCUT2D eigenvalue weighted by molar-refractivity contribution is 0.408. The summed E-state index contributed by atoms with van der Waals surface area (Å²) in [5, 5.41) is 3.34. The second-order valence-electron chi connectivity index (χ2n) is 4.17. The van der Waals surface area contributed by atoms with Gasteiger partial charge in [0.25, 0.3) is 0 Å². The molecule has 94 valence electrons. The zero-order valence-corrected chi connectivity index (χ0v) is 10.9. The van der Waals surface area contributed by atoms with E-state index in [1.54, 1.807) is 7.11 Å². The highest BCUT2D eigenvalue weighted by atomic mass is 16.5. The van der Waals surface area contributed by atoms with Crippen LogP contribution in [0.5, 0.6) is 5.75 Å². The highest BCUT2D eigenvalue weighted by molar-refractivity contribution is 5.65. The highest BCUT2D eigenvalue weighted by Crippen LogP contribution is 2.26. The van der Waals surface area contributed by atoms with Crippen LogP contribution in [-0.4, -0.2) is 13.7 Å². The standard InChI is InChI=1S/C16H19NO/c1-3-17-12-15-11-14(9-10-16(15)18-2)13-7-5-4-6-8-13/h4-11,17H,3,12H2,1-2H3. The Labute approximate surface area is 109 Å². The van der Waals surface area contributed by atoms with Gasteiger partial charge in [0.15, 0.2) is 0 Å². The van der Waals surface area contributed by atoms with E-state index in [4.69, 9.17) is 4.74 Å². The topological polar surface area (TPSA) is 21.3 Å². The van der Waals surface area contributed by atoms with Crippen molar-refractivity contribution in [1.82, 2.24) is 5.32 Å². The van der Waals surface area contributed by atoms with E-state index >= 15 is 0 Å². The van der Waals surface area contributed by atoms with Gasteiger partial charge in [-0.3, -0.25) is 0 Å². The van der Waals surface area contributed by atoms with E-state index in [2.05, 4.69) is 48.6 Å². The molecule has 2 aromatic rings. The van der Waals surface area contributed by atoms with Crippen molar-refractivity contribution in [3.05, 3.63) is 54.1 Å². The smallest absolute Gasteiger partial charge is 0.123 e. The SMILES string of the molecule is CCNCc1cc(-c2ccccc2)ccc1OC. The summed E-state index contributed by atoms with van der Waals surface area (Å²) >= 11 is 0. The molecule has 2 heteroatoms. The number of hydrogen-bond acceptors (Lipinski definition) is 2. The van der Waals surface area contributed by atoms with Crippen LogP contribution in [0.1, 0.15) is 12.5 Å². The van der Waals surface area contributed by atoms with Crippen molar-refractivity contribution >= 4 is 0 Å². The van der Waals surface area contributed by atoms with Crippen LogP contribution in [-0.2, 0) is 6.54 Å². The number of hydrogen-bond donors (Lipinski definition) is 1. The van der Waals surface area contributed by atoms with Crippen LogP contribution in [0.3, 0.4) is 0 Å². The van der Waals surface area contributed by atoms with Gasteiger partial charge in [-0.05, 0) is 29.8 Å². The first-order valence-corrected chi connectivity index (χ1v) is 6.28. The summed E-state index contributed by atoms with van der Waals surface area (Å²) in [6, 6.07) is 16.7. The first-order chi connectivity index (χ1) is 8.85. The summed E-state index contributed by atoms with van der Waals surface area (Å²) in [5.74, 6) is 0.940. The molecule has 0 bridgehead atoms. The van der Waals surface area contributed by atoms with E-state index in [0.717, 1.165) is 18.8 Å². The van der Waals surface area contributed by atoms with Gasteiger partial charge in [0, 0.05) is 12.1 Å². The van der Waals surface area contributed by atoms with Gasteiger partial charge in [-0.25, -0.2) is 0 Å². The fourth-order valence-electron chi connectivity index (χ4n) is 1.99. The Kier molecular flexibility index (Phi) is 4.37. The Morgan fingerprint density at radius 2 is 1.78 bits per heavy atom. The molecule has 0 saturated carbocycles. The largest absolute Gasteiger partial charge is 0.496 e. The maximum absolute atomic E-state index is 5.39. The summed E-state index contributed by atoms with van der Waals surface area (Å²) in [6.07, 6.45) is 0. The van der Waals surface area contributed by atoms with Crippen molar-refractivity contribution in [2.75, 3.05) is 13.7 Å². The number of methoxy groups -OCH3 is 1. The molecule has 0 aliphatic carbocycles. The molecule has 2 aromatic carbocycles. The Hall–Kier alpha value is -1.80. The molecule has 2 nitrogen and oxygen atoms in total. The molecule has 0 fully saturated rings. The van der Waals surface area contributed by atoms with Crippen LogP contribution in [0, 0.1) is 0 Å². The van der Waals surface area contributed by atoms with Gasteiger partial charge in [0.05, 0.1) is 7.11 Å². The fourth-order valence-corrected chi connectivity index (χ4v) is 1.99. The minimum absolute atomic E-state index is 0.834. The van der Waals surface area contributed by atoms with E-state index in [0.29, 0.717) is 0 Å². The maximum atomic E-state index is 5.39. The van der Waals surface area contributed by atoms with Crippen LogP contribution >= 0.6 is 0 Å². The van der Waals surface area contributed by atoms with Crippen LogP contribution in [0.25, 0.3) is 11.1 Å². The van der Waals surface area contributed by atoms with Crippen molar-refractivity contribution in [3.63, 3.8) is 0 Å². The van der Waals surface area contributed by atoms with Gasteiger partial charge in [-0.1, -0.05) is 43.3 Å². The molecule has 0 atom stereocenters. The molecular formula is C16H19NO. The lowest BCUT2D eigenvalue weighted by Crippen LogP contribution is -2.12. The molecule has 0 heterocycles. The second-order valence-corrected chi connectivity index (χ2v) is 4.17. The monoisotopic (exact) mass is 241 g/mol. The molecule has 0 saturated heterocycles. The van der Waals surface area contributed by atoms with E-state index in [9.17, 15) is 0 Å². The molecule has 0 aliphatic heterocycles. The molecule has 1 N–H and O–H groups in total. The lowest BCUT2D eigenvalue weighted by Gasteiger charge is -2.11. The van der Waals surface area contributed by atoms with Gasteiger partial charge in [-0.15, -0.1) is 0 Å². The van der Waals surface area contributed by atoms with Crippen LogP contribution in [0.4, 0.5) is 0 Å². The Balaban J connectivity index is 2.33. The number of rotatable bonds is 5. The number of benzene rings is 2. The zero-order valence-electron chi connectivity index (χ0n) is 10.9. The van der Waals surface area contributed by atoms with Crippen LogP contribution < -0.4 is 10.1 Å². The third kappa shape index (κ3) is 2.90. The van der Waals surface area contributed by atoms with Crippen molar-refractivity contribution < 1.29 is 4.74 Å². The molecule has 0 unspecified atom stereocenters. The lowest BCUT2D eigenvalue weighted by atomic mass is 10.0. The van der Waals surface area contributed by atoms with Gasteiger partial charge < -0.3 is 10.1 Å². The fraction of sp³-hybridized carbons (Fsp3) is 0.250. The Morgan fingerprint density at radius 1 is 1.00 bits per heavy atom. The predicted octanol–water partition coefficient (Wildman–Crippen LogP) is 3.47. The van der Waals surface area contributed by atoms with E-state index < -0.39 is 0 Å². The average molecular weight is 241 g/mol. The van der Waals surface area contributed by atoms with Crippen LogP contribution in [0.15, 0.2) is 48.5 Å². The molecule has 0 aliphatic rings. The van der Waals surface area contributed by atoms with E-state index in [-0.39, 0.29) is 0 Å². The molecule has 0 radical (unpaired) electrons. The summed E-state index contributed by atoms with van der Waals surface area (Å²) in [4.78, 5) is 0. The highest BCUT2D eigenvalue weighted by Gasteiger charge is 2.05. The van der Waals surface area contributed by atoms with E-state index in [1.165, 1.54) is 16.7 Å². The Morgan fingerprint density at radius 3 is 2.44 bits per heavy atom. The van der Waals surface area contributed by atoms with Crippen molar-refractivity contribution in [2.24, 2.45) is 0 Å². The quantitative estimate of drug-likeness (QED) is 0.865. The summed E-state index contributed by atoms with van der Waals surface area (Å²) < 4.78 is 5.39. The molecular weight excluding hydrogens is 222 g/mol. The minimum Gasteiger partial charge on any atom is -0.496 e.